The summed E-state index contributed by atoms with van der Waals surface area (Å²) in [5, 5.41) is 0. The first kappa shape index (κ1) is 27.1. The molecule has 3 atom stereocenters. The average Bonchev–Trinajstić information content (AvgIpc) is 3.08. The normalized spacial score (nSPS) is 20.6. The van der Waals surface area contributed by atoms with E-state index in [4.69, 9.17) is 4.74 Å². The predicted octanol–water partition coefficient (Wildman–Crippen LogP) is 6.11. The highest BCUT2D eigenvalue weighted by molar-refractivity contribution is 5.89. The predicted molar refractivity (Wildman–Crippen MR) is 124 cm³/mol. The summed E-state index contributed by atoms with van der Waals surface area (Å²) in [6, 6.07) is 0. The van der Waals surface area contributed by atoms with Crippen LogP contribution in [0.3, 0.4) is 0 Å². The topological polar surface area (TPSA) is 69.7 Å². The van der Waals surface area contributed by atoms with Crippen LogP contribution < -0.4 is 0 Å². The fourth-order valence-corrected chi connectivity index (χ4v) is 4.31. The van der Waals surface area contributed by atoms with Gasteiger partial charge in [0, 0.05) is 25.7 Å². The lowest BCUT2D eigenvalue weighted by Gasteiger charge is -2.23. The van der Waals surface area contributed by atoms with Crippen molar-refractivity contribution in [2.45, 2.75) is 104 Å². The van der Waals surface area contributed by atoms with Crippen LogP contribution in [0.4, 0.5) is 0 Å². The smallest absolute Gasteiger partial charge is 0.305 e. The Labute approximate surface area is 188 Å². The van der Waals surface area contributed by atoms with Gasteiger partial charge < -0.3 is 9.47 Å². The van der Waals surface area contributed by atoms with Gasteiger partial charge in [-0.3, -0.25) is 14.4 Å². The summed E-state index contributed by atoms with van der Waals surface area (Å²) >= 11 is 0. The Balaban J connectivity index is 2.45. The van der Waals surface area contributed by atoms with E-state index in [0.717, 1.165) is 64.2 Å². The number of esters is 2. The summed E-state index contributed by atoms with van der Waals surface area (Å²) in [5.41, 5.74) is 1.32. The number of unbranched alkanes of at least 4 members (excludes halogenated alkanes) is 5. The molecular formula is C26H42O5. The fourth-order valence-electron chi connectivity index (χ4n) is 4.31. The number of hydrogen-bond donors (Lipinski definition) is 0. The molecule has 0 spiro atoms. The largest absolute Gasteiger partial charge is 0.469 e. The summed E-state index contributed by atoms with van der Waals surface area (Å²) in [7, 11) is 1.42. The molecule has 31 heavy (non-hydrogen) atoms. The zero-order chi connectivity index (χ0) is 23.1. The molecule has 176 valence electrons. The molecule has 1 rings (SSSR count). The number of ketones is 1. The molecule has 0 saturated heterocycles. The van der Waals surface area contributed by atoms with Gasteiger partial charge in [-0.05, 0) is 70.8 Å². The number of ether oxygens (including phenoxy) is 2. The van der Waals surface area contributed by atoms with Gasteiger partial charge in [-0.1, -0.05) is 37.0 Å². The van der Waals surface area contributed by atoms with Crippen LogP contribution in [-0.2, 0) is 23.9 Å². The molecule has 0 N–H and O–H groups in total. The van der Waals surface area contributed by atoms with Crippen molar-refractivity contribution >= 4 is 17.7 Å². The Morgan fingerprint density at radius 1 is 0.903 bits per heavy atom. The zero-order valence-electron chi connectivity index (χ0n) is 20.0. The Kier molecular flexibility index (Phi) is 13.8. The lowest BCUT2D eigenvalue weighted by atomic mass is 9.88. The summed E-state index contributed by atoms with van der Waals surface area (Å²) in [4.78, 5) is 34.9. The number of allylic oxidation sites excluding steroid dienone is 4. The van der Waals surface area contributed by atoms with Crippen molar-refractivity contribution in [3.63, 3.8) is 0 Å². The molecule has 1 aliphatic carbocycles. The number of methoxy groups -OCH3 is 1. The first-order chi connectivity index (χ1) is 14.8. The van der Waals surface area contributed by atoms with E-state index in [2.05, 4.69) is 30.7 Å². The molecule has 0 amide bonds. The van der Waals surface area contributed by atoms with E-state index in [0.29, 0.717) is 12.8 Å². The van der Waals surface area contributed by atoms with Crippen LogP contribution >= 0.6 is 0 Å². The van der Waals surface area contributed by atoms with Crippen molar-refractivity contribution < 1.29 is 23.9 Å². The van der Waals surface area contributed by atoms with Crippen molar-refractivity contribution in [3.8, 4) is 0 Å². The van der Waals surface area contributed by atoms with Gasteiger partial charge in [0.2, 0.25) is 0 Å². The van der Waals surface area contributed by atoms with Crippen LogP contribution in [0.25, 0.3) is 0 Å². The van der Waals surface area contributed by atoms with E-state index in [1.54, 1.807) is 6.08 Å². The van der Waals surface area contributed by atoms with Crippen molar-refractivity contribution in [2.24, 2.45) is 11.8 Å². The second-order valence-electron chi connectivity index (χ2n) is 8.93. The Bertz CT molecular complexity index is 615. The maximum atomic E-state index is 12.2. The lowest BCUT2D eigenvalue weighted by Crippen LogP contribution is -2.24. The van der Waals surface area contributed by atoms with E-state index in [-0.39, 0.29) is 35.7 Å². The third-order valence-corrected chi connectivity index (χ3v) is 5.98. The van der Waals surface area contributed by atoms with E-state index < -0.39 is 0 Å². The Morgan fingerprint density at radius 3 is 2.29 bits per heavy atom. The van der Waals surface area contributed by atoms with Gasteiger partial charge in [0.25, 0.3) is 0 Å². The van der Waals surface area contributed by atoms with Crippen LogP contribution in [0.5, 0.6) is 0 Å². The number of carbonyl (C=O) groups excluding carboxylic acids is 3. The molecule has 5 nitrogen and oxygen atoms in total. The van der Waals surface area contributed by atoms with Gasteiger partial charge in [0.1, 0.15) is 6.10 Å². The van der Waals surface area contributed by atoms with E-state index in [1.165, 1.54) is 19.6 Å². The lowest BCUT2D eigenvalue weighted by molar-refractivity contribution is -0.148. The van der Waals surface area contributed by atoms with Gasteiger partial charge in [0.05, 0.1) is 7.11 Å². The molecule has 1 fully saturated rings. The minimum absolute atomic E-state index is 0.0543. The highest BCUT2D eigenvalue weighted by Crippen LogP contribution is 2.38. The molecule has 1 saturated carbocycles. The van der Waals surface area contributed by atoms with E-state index >= 15 is 0 Å². The fraction of sp³-hybridized carbons (Fsp3) is 0.731. The highest BCUT2D eigenvalue weighted by Gasteiger charge is 2.36. The third kappa shape index (κ3) is 12.5. The average molecular weight is 435 g/mol. The Hall–Kier alpha value is -1.91. The summed E-state index contributed by atoms with van der Waals surface area (Å²) < 4.78 is 10.2. The van der Waals surface area contributed by atoms with Gasteiger partial charge in [-0.2, -0.15) is 0 Å². The maximum Gasteiger partial charge on any atom is 0.305 e. The summed E-state index contributed by atoms with van der Waals surface area (Å²) in [6.45, 7) is 5.65. The monoisotopic (exact) mass is 434 g/mol. The highest BCUT2D eigenvalue weighted by atomic mass is 16.5. The second-order valence-corrected chi connectivity index (χ2v) is 8.93. The Morgan fingerprint density at radius 2 is 1.61 bits per heavy atom. The van der Waals surface area contributed by atoms with Gasteiger partial charge in [-0.25, -0.2) is 0 Å². The number of hydrogen-bond acceptors (Lipinski definition) is 5. The molecule has 0 aromatic heterocycles. The van der Waals surface area contributed by atoms with Crippen molar-refractivity contribution in [1.29, 1.82) is 0 Å². The van der Waals surface area contributed by atoms with Crippen LogP contribution in [-0.4, -0.2) is 30.9 Å². The van der Waals surface area contributed by atoms with Crippen molar-refractivity contribution in [1.82, 2.24) is 0 Å². The molecule has 0 unspecified atom stereocenters. The van der Waals surface area contributed by atoms with Gasteiger partial charge in [-0.15, -0.1) is 0 Å². The molecule has 1 aliphatic rings. The molecule has 0 bridgehead atoms. The minimum atomic E-state index is -0.231. The quantitative estimate of drug-likeness (QED) is 0.135. The first-order valence-corrected chi connectivity index (χ1v) is 11.9. The standard InChI is InChI=1S/C26H42O5/c1-20(2)12-8-7-9-13-23(28)18-16-22-17-19-25(31-21(3)27)24(22)14-10-5-6-11-15-26(29)30-4/h12,16,18,22,24-25H,5-11,13-15,17,19H2,1-4H3/b18-16+/t22-,24+,25-/m0/s1. The van der Waals surface area contributed by atoms with E-state index in [9.17, 15) is 14.4 Å². The number of carbonyl (C=O) groups is 3. The van der Waals surface area contributed by atoms with Gasteiger partial charge in [0.15, 0.2) is 5.78 Å². The maximum absolute atomic E-state index is 12.2. The SMILES string of the molecule is COC(=O)CCCCCC[C@H]1[C@@H](OC(C)=O)CC[C@@H]1/C=C/C(=O)CCCCC=C(C)C. The molecule has 0 radical (unpaired) electrons. The van der Waals surface area contributed by atoms with Crippen LogP contribution in [0.2, 0.25) is 0 Å². The van der Waals surface area contributed by atoms with Gasteiger partial charge >= 0.3 is 11.9 Å². The molecular weight excluding hydrogens is 392 g/mol. The molecule has 0 aliphatic heterocycles. The zero-order valence-corrected chi connectivity index (χ0v) is 20.0. The second kappa shape index (κ2) is 15.8. The first-order valence-electron chi connectivity index (χ1n) is 11.9. The van der Waals surface area contributed by atoms with Crippen molar-refractivity contribution in [2.75, 3.05) is 7.11 Å². The van der Waals surface area contributed by atoms with Crippen LogP contribution in [0.1, 0.15) is 97.8 Å². The molecule has 0 heterocycles. The van der Waals surface area contributed by atoms with Crippen molar-refractivity contribution in [3.05, 3.63) is 23.8 Å². The minimum Gasteiger partial charge on any atom is -0.469 e. The molecule has 0 aromatic carbocycles. The van der Waals surface area contributed by atoms with E-state index in [1.807, 2.05) is 0 Å². The molecule has 0 aromatic rings. The third-order valence-electron chi connectivity index (χ3n) is 5.98. The number of rotatable bonds is 15. The van der Waals surface area contributed by atoms with Crippen LogP contribution in [0.15, 0.2) is 23.8 Å². The summed E-state index contributed by atoms with van der Waals surface area (Å²) in [5.74, 6) is 0.359. The molecule has 5 heteroatoms. The van der Waals surface area contributed by atoms with Crippen LogP contribution in [0, 0.1) is 11.8 Å². The summed E-state index contributed by atoms with van der Waals surface area (Å²) in [6.07, 6.45) is 16.7.